The molecule has 2 heterocycles. The lowest BCUT2D eigenvalue weighted by Crippen LogP contribution is -2.11. The lowest BCUT2D eigenvalue weighted by Gasteiger charge is -2.05. The second-order valence-corrected chi connectivity index (χ2v) is 7.43. The molecule has 28 heavy (non-hydrogen) atoms. The SMILES string of the molecule is Cc1cc(OCc2nc(SCc3nc4ccccc4c(=O)[nH]3)n[nH]2)ccc1Cl. The van der Waals surface area contributed by atoms with E-state index in [1.165, 1.54) is 11.8 Å². The molecular weight excluding hydrogens is 398 g/mol. The van der Waals surface area contributed by atoms with E-state index >= 15 is 0 Å². The van der Waals surface area contributed by atoms with Gasteiger partial charge in [0.1, 0.15) is 18.2 Å². The standard InChI is InChI=1S/C19H16ClN5O2S/c1-11-8-12(6-7-14(11)20)27-9-16-23-19(25-24-16)28-10-17-21-15-5-3-2-4-13(15)18(26)22-17/h2-8H,9-10H2,1H3,(H,21,22,26)(H,23,24,25). The molecule has 0 unspecified atom stereocenters. The molecule has 0 fully saturated rings. The first-order valence-corrected chi connectivity index (χ1v) is 9.86. The van der Waals surface area contributed by atoms with Gasteiger partial charge in [0.2, 0.25) is 5.16 Å². The van der Waals surface area contributed by atoms with Gasteiger partial charge in [-0.15, -0.1) is 5.10 Å². The third kappa shape index (κ3) is 4.18. The van der Waals surface area contributed by atoms with Crippen molar-refractivity contribution >= 4 is 34.3 Å². The zero-order valence-electron chi connectivity index (χ0n) is 14.9. The van der Waals surface area contributed by atoms with Gasteiger partial charge in [-0.3, -0.25) is 9.89 Å². The number of hydrogen-bond acceptors (Lipinski definition) is 6. The molecule has 2 aromatic heterocycles. The summed E-state index contributed by atoms with van der Waals surface area (Å²) in [4.78, 5) is 23.8. The van der Waals surface area contributed by atoms with Gasteiger partial charge >= 0.3 is 0 Å². The average molecular weight is 414 g/mol. The lowest BCUT2D eigenvalue weighted by molar-refractivity contribution is 0.296. The highest BCUT2D eigenvalue weighted by Gasteiger charge is 2.08. The molecule has 4 rings (SSSR count). The molecule has 142 valence electrons. The number of hydrogen-bond donors (Lipinski definition) is 2. The molecule has 4 aromatic rings. The van der Waals surface area contributed by atoms with Gasteiger partial charge in [0.25, 0.3) is 5.56 Å². The molecule has 2 N–H and O–H groups in total. The Labute approximate surface area is 169 Å². The highest BCUT2D eigenvalue weighted by molar-refractivity contribution is 7.98. The van der Waals surface area contributed by atoms with E-state index < -0.39 is 0 Å². The third-order valence-electron chi connectivity index (χ3n) is 4.02. The van der Waals surface area contributed by atoms with Crippen LogP contribution in [0.4, 0.5) is 0 Å². The van der Waals surface area contributed by atoms with Crippen LogP contribution in [-0.4, -0.2) is 25.1 Å². The summed E-state index contributed by atoms with van der Waals surface area (Å²) < 4.78 is 5.71. The van der Waals surface area contributed by atoms with Crippen LogP contribution in [0.25, 0.3) is 10.9 Å². The highest BCUT2D eigenvalue weighted by atomic mass is 35.5. The third-order valence-corrected chi connectivity index (χ3v) is 5.30. The second-order valence-electron chi connectivity index (χ2n) is 6.08. The Morgan fingerprint density at radius 3 is 2.86 bits per heavy atom. The minimum atomic E-state index is -0.150. The summed E-state index contributed by atoms with van der Waals surface area (Å²) in [7, 11) is 0. The van der Waals surface area contributed by atoms with Gasteiger partial charge in [0.15, 0.2) is 5.82 Å². The van der Waals surface area contributed by atoms with E-state index in [0.29, 0.717) is 44.2 Å². The molecular formula is C19H16ClN5O2S. The zero-order valence-corrected chi connectivity index (χ0v) is 16.5. The number of aryl methyl sites for hydroxylation is 1. The molecule has 0 amide bonds. The van der Waals surface area contributed by atoms with Crippen molar-refractivity contribution in [3.63, 3.8) is 0 Å². The summed E-state index contributed by atoms with van der Waals surface area (Å²) in [5.41, 5.74) is 1.47. The van der Waals surface area contributed by atoms with E-state index in [2.05, 4.69) is 25.1 Å². The Balaban J connectivity index is 1.38. The lowest BCUT2D eigenvalue weighted by atomic mass is 10.2. The Hall–Kier alpha value is -2.84. The predicted octanol–water partition coefficient (Wildman–Crippen LogP) is 3.87. The Morgan fingerprint density at radius 1 is 1.14 bits per heavy atom. The van der Waals surface area contributed by atoms with Crippen molar-refractivity contribution < 1.29 is 4.74 Å². The van der Waals surface area contributed by atoms with Crippen molar-refractivity contribution in [1.29, 1.82) is 0 Å². The number of thioether (sulfide) groups is 1. The quantitative estimate of drug-likeness (QED) is 0.466. The van der Waals surface area contributed by atoms with Gasteiger partial charge in [-0.05, 0) is 42.8 Å². The normalized spacial score (nSPS) is 11.1. The molecule has 2 aromatic carbocycles. The van der Waals surface area contributed by atoms with Gasteiger partial charge in [0, 0.05) is 5.02 Å². The van der Waals surface area contributed by atoms with E-state index in [-0.39, 0.29) is 12.2 Å². The molecule has 0 spiro atoms. The molecule has 0 saturated heterocycles. The molecule has 0 aliphatic rings. The first-order chi connectivity index (χ1) is 13.6. The van der Waals surface area contributed by atoms with Gasteiger partial charge in [-0.25, -0.2) is 9.97 Å². The van der Waals surface area contributed by atoms with Crippen molar-refractivity contribution in [3.8, 4) is 5.75 Å². The Morgan fingerprint density at radius 2 is 2.00 bits per heavy atom. The fourth-order valence-electron chi connectivity index (χ4n) is 2.60. The molecule has 0 aliphatic heterocycles. The van der Waals surface area contributed by atoms with Crippen molar-refractivity contribution in [2.45, 2.75) is 24.4 Å². The van der Waals surface area contributed by atoms with E-state index in [1.807, 2.05) is 37.3 Å². The summed E-state index contributed by atoms with van der Waals surface area (Å²) in [6, 6.07) is 12.7. The van der Waals surface area contributed by atoms with Crippen LogP contribution < -0.4 is 10.3 Å². The summed E-state index contributed by atoms with van der Waals surface area (Å²) in [5.74, 6) is 2.35. The van der Waals surface area contributed by atoms with Crippen molar-refractivity contribution in [2.75, 3.05) is 0 Å². The van der Waals surface area contributed by atoms with Crippen LogP contribution in [0.3, 0.4) is 0 Å². The summed E-state index contributed by atoms with van der Waals surface area (Å²) in [5, 5.41) is 8.85. The number of halogens is 1. The zero-order chi connectivity index (χ0) is 19.5. The van der Waals surface area contributed by atoms with Gasteiger partial charge < -0.3 is 9.72 Å². The van der Waals surface area contributed by atoms with Crippen LogP contribution in [0, 0.1) is 6.92 Å². The molecule has 0 atom stereocenters. The maximum absolute atomic E-state index is 12.1. The number of ether oxygens (including phenoxy) is 1. The molecule has 0 aliphatic carbocycles. The van der Waals surface area contributed by atoms with Crippen LogP contribution in [0.15, 0.2) is 52.4 Å². The monoisotopic (exact) mass is 413 g/mol. The minimum absolute atomic E-state index is 0.150. The number of aromatic nitrogens is 5. The van der Waals surface area contributed by atoms with Gasteiger partial charge in [0.05, 0.1) is 16.7 Å². The predicted molar refractivity (Wildman–Crippen MR) is 109 cm³/mol. The number of rotatable bonds is 6. The molecule has 9 heteroatoms. The highest BCUT2D eigenvalue weighted by Crippen LogP contribution is 2.22. The first-order valence-electron chi connectivity index (χ1n) is 8.49. The number of nitrogens with one attached hydrogen (secondary N) is 2. The van der Waals surface area contributed by atoms with E-state index in [9.17, 15) is 4.79 Å². The summed E-state index contributed by atoms with van der Waals surface area (Å²) in [6.07, 6.45) is 0. The Bertz CT molecular complexity index is 1190. The average Bonchev–Trinajstić information content (AvgIpc) is 3.15. The number of benzene rings is 2. The van der Waals surface area contributed by atoms with Gasteiger partial charge in [-0.1, -0.05) is 35.5 Å². The van der Waals surface area contributed by atoms with Crippen molar-refractivity contribution in [3.05, 3.63) is 75.1 Å². The first kappa shape index (κ1) is 18.5. The number of fused-ring (bicyclic) bond motifs is 1. The smallest absolute Gasteiger partial charge is 0.258 e. The van der Waals surface area contributed by atoms with Crippen molar-refractivity contribution in [2.24, 2.45) is 0 Å². The number of aromatic amines is 2. The van der Waals surface area contributed by atoms with Crippen LogP contribution in [0.1, 0.15) is 17.2 Å². The number of nitrogens with zero attached hydrogens (tertiary/aromatic N) is 3. The number of para-hydroxylation sites is 1. The van der Waals surface area contributed by atoms with Crippen molar-refractivity contribution in [1.82, 2.24) is 25.1 Å². The fraction of sp³-hybridized carbons (Fsp3) is 0.158. The van der Waals surface area contributed by atoms with E-state index in [4.69, 9.17) is 16.3 Å². The summed E-state index contributed by atoms with van der Waals surface area (Å²) >= 11 is 7.39. The molecule has 0 radical (unpaired) electrons. The number of H-pyrrole nitrogens is 2. The molecule has 0 saturated carbocycles. The van der Waals surface area contributed by atoms with Crippen LogP contribution >= 0.6 is 23.4 Å². The maximum atomic E-state index is 12.1. The largest absolute Gasteiger partial charge is 0.486 e. The maximum Gasteiger partial charge on any atom is 0.258 e. The fourth-order valence-corrected chi connectivity index (χ4v) is 3.41. The second kappa shape index (κ2) is 8.04. The van der Waals surface area contributed by atoms with E-state index in [1.54, 1.807) is 12.1 Å². The van der Waals surface area contributed by atoms with Crippen LogP contribution in [-0.2, 0) is 12.4 Å². The topological polar surface area (TPSA) is 96.6 Å². The van der Waals surface area contributed by atoms with Gasteiger partial charge in [-0.2, -0.15) is 0 Å². The Kier molecular flexibility index (Phi) is 5.31. The minimum Gasteiger partial charge on any atom is -0.486 e. The van der Waals surface area contributed by atoms with Crippen LogP contribution in [0.5, 0.6) is 5.75 Å². The van der Waals surface area contributed by atoms with Crippen LogP contribution in [0.2, 0.25) is 5.02 Å². The molecule has 0 bridgehead atoms. The summed E-state index contributed by atoms with van der Waals surface area (Å²) in [6.45, 7) is 2.18. The molecule has 7 nitrogen and oxygen atoms in total. The van der Waals surface area contributed by atoms with E-state index in [0.717, 1.165) is 5.56 Å².